The van der Waals surface area contributed by atoms with Crippen LogP contribution in [-0.2, 0) is 33.3 Å². The maximum Gasteiger partial charge on any atom is 0.184 e. The molecule has 1 aromatic heterocycles. The van der Waals surface area contributed by atoms with Crippen LogP contribution in [0.4, 0.5) is 11.5 Å². The molecule has 2 N–H and O–H groups in total. The largest absolute Gasteiger partial charge is 0.497 e. The lowest BCUT2D eigenvalue weighted by atomic mass is 10.1. The van der Waals surface area contributed by atoms with Crippen LogP contribution in [0.5, 0.6) is 11.5 Å². The van der Waals surface area contributed by atoms with Crippen LogP contribution in [0.15, 0.2) is 65.6 Å². The number of aliphatic hydroxyl groups is 1. The lowest BCUT2D eigenvalue weighted by Gasteiger charge is -2.19. The van der Waals surface area contributed by atoms with Gasteiger partial charge in [-0.2, -0.15) is 0 Å². The van der Waals surface area contributed by atoms with Gasteiger partial charge in [0.05, 0.1) is 54.7 Å². The zero-order valence-electron chi connectivity index (χ0n) is 24.5. The van der Waals surface area contributed by atoms with E-state index in [-0.39, 0.29) is 23.9 Å². The summed E-state index contributed by atoms with van der Waals surface area (Å²) in [4.78, 5) is 11.8. The molecule has 224 valence electrons. The van der Waals surface area contributed by atoms with E-state index in [4.69, 9.17) is 29.3 Å². The highest BCUT2D eigenvalue weighted by atomic mass is 32.2. The van der Waals surface area contributed by atoms with Crippen molar-refractivity contribution in [3.05, 3.63) is 77.5 Å². The Kier molecular flexibility index (Phi) is 10.7. The van der Waals surface area contributed by atoms with E-state index in [2.05, 4.69) is 5.32 Å². The highest BCUT2D eigenvalue weighted by Gasteiger charge is 2.22. The zero-order valence-corrected chi connectivity index (χ0v) is 25.3. The number of benzene rings is 3. The number of ether oxygens (including phenoxy) is 3. The van der Waals surface area contributed by atoms with Crippen molar-refractivity contribution < 1.29 is 27.7 Å². The Hall–Kier alpha value is -3.77. The summed E-state index contributed by atoms with van der Waals surface area (Å²) < 4.78 is 43.8. The maximum atomic E-state index is 13.6. The number of sulfone groups is 1. The van der Waals surface area contributed by atoms with Crippen LogP contribution in [0.1, 0.15) is 23.2 Å². The summed E-state index contributed by atoms with van der Waals surface area (Å²) in [7, 11) is 3.34. The number of fused-ring (bicyclic) bond motifs is 1. The molecular formula is C31H38N4O6S. The van der Waals surface area contributed by atoms with Crippen LogP contribution in [0.3, 0.4) is 0 Å². The normalized spacial score (nSPS) is 11.7. The van der Waals surface area contributed by atoms with Gasteiger partial charge in [-0.1, -0.05) is 24.3 Å². The Morgan fingerprint density at radius 2 is 1.64 bits per heavy atom. The number of nitrogens with zero attached hydrogens (tertiary/aromatic N) is 3. The molecule has 0 aliphatic heterocycles. The van der Waals surface area contributed by atoms with Crippen LogP contribution in [-0.4, -0.2) is 76.5 Å². The molecule has 10 nitrogen and oxygen atoms in total. The zero-order chi connectivity index (χ0) is 30.1. The lowest BCUT2D eigenvalue weighted by molar-refractivity contribution is 0.0908. The van der Waals surface area contributed by atoms with E-state index in [1.54, 1.807) is 32.4 Å². The number of methoxy groups -OCH3 is 2. The summed E-state index contributed by atoms with van der Waals surface area (Å²) in [6, 6.07) is 17.9. The van der Waals surface area contributed by atoms with Gasteiger partial charge in [-0.15, -0.1) is 0 Å². The Bertz CT molecular complexity index is 1590. The lowest BCUT2D eigenvalue weighted by Crippen LogP contribution is -2.12. The Morgan fingerprint density at radius 3 is 2.29 bits per heavy atom. The Labute approximate surface area is 247 Å². The maximum absolute atomic E-state index is 13.6. The fourth-order valence-electron chi connectivity index (χ4n) is 4.60. The minimum absolute atomic E-state index is 0.0365. The molecule has 4 rings (SSSR count). The molecule has 11 heteroatoms. The first-order valence-electron chi connectivity index (χ1n) is 13.7. The first-order chi connectivity index (χ1) is 20.2. The molecule has 0 radical (unpaired) electrons. The van der Waals surface area contributed by atoms with Crippen molar-refractivity contribution in [2.45, 2.75) is 30.0 Å². The third kappa shape index (κ3) is 7.95. The molecular weight excluding hydrogens is 556 g/mol. The monoisotopic (exact) mass is 594 g/mol. The number of nitrogens with one attached hydrogen (secondary N) is 1. The molecule has 4 aromatic rings. The van der Waals surface area contributed by atoms with E-state index in [0.29, 0.717) is 65.7 Å². The number of rotatable bonds is 15. The van der Waals surface area contributed by atoms with E-state index in [1.165, 1.54) is 0 Å². The Morgan fingerprint density at radius 1 is 0.929 bits per heavy atom. The molecule has 0 spiro atoms. The van der Waals surface area contributed by atoms with Crippen molar-refractivity contribution in [1.29, 1.82) is 0 Å². The van der Waals surface area contributed by atoms with Crippen LogP contribution in [0.2, 0.25) is 0 Å². The van der Waals surface area contributed by atoms with Crippen molar-refractivity contribution in [2.75, 3.05) is 53.5 Å². The molecule has 0 bridgehead atoms. The molecule has 1 heterocycles. The minimum atomic E-state index is -3.74. The van der Waals surface area contributed by atoms with E-state index < -0.39 is 9.84 Å². The molecule has 0 amide bonds. The number of hydrogen-bond donors (Lipinski definition) is 2. The van der Waals surface area contributed by atoms with Crippen LogP contribution in [0.25, 0.3) is 11.0 Å². The number of para-hydroxylation sites is 2. The van der Waals surface area contributed by atoms with Gasteiger partial charge in [0.2, 0.25) is 0 Å². The fraction of sp³-hybridized carbons (Fsp3) is 0.355. The molecule has 42 heavy (non-hydrogen) atoms. The smallest absolute Gasteiger partial charge is 0.184 e. The van der Waals surface area contributed by atoms with Crippen molar-refractivity contribution in [2.24, 2.45) is 0 Å². The molecule has 0 atom stereocenters. The van der Waals surface area contributed by atoms with E-state index in [1.807, 2.05) is 61.5 Å². The molecule has 3 aromatic carbocycles. The summed E-state index contributed by atoms with van der Waals surface area (Å²) in [5.74, 6) is 1.16. The Balaban J connectivity index is 1.72. The van der Waals surface area contributed by atoms with Gasteiger partial charge in [-0.25, -0.2) is 18.4 Å². The minimum Gasteiger partial charge on any atom is -0.497 e. The van der Waals surface area contributed by atoms with Gasteiger partial charge in [0.1, 0.15) is 17.3 Å². The standard InChI is InChI=1S/C31H38N4O6S/c1-35(2)20-22-11-13-24(14-12-22)42(37,38)21-29-31(33-27-10-6-5-9-26(27)32-29)34-28-18-23(39-3)19-30(40-4)25(28)8-7-16-41-17-15-36/h5-6,9-14,18-19,36H,7-8,15-17,20-21H2,1-4H3,(H,33,34). The second-order valence-corrected chi connectivity index (χ2v) is 12.1. The van der Waals surface area contributed by atoms with Gasteiger partial charge < -0.3 is 29.5 Å². The molecule has 0 unspecified atom stereocenters. The average Bonchev–Trinajstić information content (AvgIpc) is 2.97. The van der Waals surface area contributed by atoms with Crippen molar-refractivity contribution >= 4 is 32.4 Å². The molecule has 0 fully saturated rings. The van der Waals surface area contributed by atoms with Crippen molar-refractivity contribution in [1.82, 2.24) is 14.9 Å². The highest BCUT2D eigenvalue weighted by molar-refractivity contribution is 7.90. The summed E-state index contributed by atoms with van der Waals surface area (Å²) in [6.07, 6.45) is 1.26. The number of anilines is 2. The third-order valence-corrected chi connectivity index (χ3v) is 8.24. The number of aliphatic hydroxyl groups excluding tert-OH is 1. The van der Waals surface area contributed by atoms with Crippen molar-refractivity contribution in [3.8, 4) is 11.5 Å². The number of aromatic nitrogens is 2. The van der Waals surface area contributed by atoms with Crippen LogP contribution < -0.4 is 14.8 Å². The topological polar surface area (TPSA) is 123 Å². The third-order valence-electron chi connectivity index (χ3n) is 6.59. The SMILES string of the molecule is COc1cc(Nc2nc3ccccc3nc2CS(=O)(=O)c2ccc(CN(C)C)cc2)c(CCCOCCO)c(OC)c1. The van der Waals surface area contributed by atoms with Gasteiger partial charge in [0, 0.05) is 30.8 Å². The average molecular weight is 595 g/mol. The van der Waals surface area contributed by atoms with Gasteiger partial charge in [0.15, 0.2) is 15.7 Å². The van der Waals surface area contributed by atoms with E-state index >= 15 is 0 Å². The predicted molar refractivity (Wildman–Crippen MR) is 163 cm³/mol. The van der Waals surface area contributed by atoms with Gasteiger partial charge >= 0.3 is 0 Å². The second-order valence-electron chi connectivity index (χ2n) is 10.1. The van der Waals surface area contributed by atoms with Crippen LogP contribution in [0, 0.1) is 0 Å². The summed E-state index contributed by atoms with van der Waals surface area (Å²) >= 11 is 0. The van der Waals surface area contributed by atoms with Gasteiger partial charge in [-0.3, -0.25) is 0 Å². The van der Waals surface area contributed by atoms with E-state index in [0.717, 1.165) is 11.1 Å². The summed E-state index contributed by atoms with van der Waals surface area (Å²) in [5.41, 5.74) is 4.05. The van der Waals surface area contributed by atoms with Gasteiger partial charge in [0.25, 0.3) is 0 Å². The van der Waals surface area contributed by atoms with Gasteiger partial charge in [-0.05, 0) is 56.8 Å². The van der Waals surface area contributed by atoms with E-state index in [9.17, 15) is 8.42 Å². The highest BCUT2D eigenvalue weighted by Crippen LogP contribution is 2.36. The fourth-order valence-corrected chi connectivity index (χ4v) is 5.88. The molecule has 0 aliphatic carbocycles. The molecule has 0 aliphatic rings. The number of hydrogen-bond acceptors (Lipinski definition) is 10. The molecule has 0 saturated heterocycles. The van der Waals surface area contributed by atoms with Crippen molar-refractivity contribution in [3.63, 3.8) is 0 Å². The summed E-state index contributed by atoms with van der Waals surface area (Å²) in [6.45, 7) is 1.41. The first kappa shape index (κ1) is 31.2. The summed E-state index contributed by atoms with van der Waals surface area (Å²) in [5, 5.41) is 12.4. The molecule has 0 saturated carbocycles. The quantitative estimate of drug-likeness (QED) is 0.192. The first-order valence-corrected chi connectivity index (χ1v) is 15.3. The predicted octanol–water partition coefficient (Wildman–Crippen LogP) is 4.37. The van der Waals surface area contributed by atoms with Crippen LogP contribution >= 0.6 is 0 Å². The second kappa shape index (κ2) is 14.4.